The molecule has 0 aliphatic heterocycles. The van der Waals surface area contributed by atoms with Crippen molar-refractivity contribution in [2.75, 3.05) is 0 Å². The van der Waals surface area contributed by atoms with E-state index in [1.165, 1.54) is 25.7 Å². The molecule has 3 unspecified atom stereocenters. The first-order valence-corrected chi connectivity index (χ1v) is 5.67. The molecular weight excluding hydrogens is 174 g/mol. The van der Waals surface area contributed by atoms with Gasteiger partial charge in [0.05, 0.1) is 12.3 Å². The lowest BCUT2D eigenvalue weighted by molar-refractivity contribution is 0.424. The number of furan rings is 1. The molecule has 2 nitrogen and oxygen atoms in total. The van der Waals surface area contributed by atoms with Crippen LogP contribution in [-0.2, 0) is 0 Å². The van der Waals surface area contributed by atoms with Gasteiger partial charge in [0.1, 0.15) is 5.76 Å². The zero-order valence-electron chi connectivity index (χ0n) is 8.36. The molecule has 2 saturated carbocycles. The lowest BCUT2D eigenvalue weighted by Gasteiger charge is -2.07. The molecule has 2 heteroatoms. The van der Waals surface area contributed by atoms with Crippen LogP contribution in [-0.4, -0.2) is 0 Å². The van der Waals surface area contributed by atoms with Gasteiger partial charge < -0.3 is 10.2 Å². The number of nitrogens with two attached hydrogens (primary N) is 1. The molecule has 2 aliphatic carbocycles. The third-order valence-electron chi connectivity index (χ3n) is 4.01. The van der Waals surface area contributed by atoms with Gasteiger partial charge in [-0.3, -0.25) is 0 Å². The largest absolute Gasteiger partial charge is 0.468 e. The lowest BCUT2D eigenvalue weighted by atomic mass is 10.0. The van der Waals surface area contributed by atoms with Crippen LogP contribution in [0.15, 0.2) is 22.8 Å². The minimum absolute atomic E-state index is 0.151. The number of hydrogen-bond acceptors (Lipinski definition) is 2. The average Bonchev–Trinajstić information content (AvgIpc) is 2.70. The summed E-state index contributed by atoms with van der Waals surface area (Å²) in [5, 5.41) is 0. The third kappa shape index (κ3) is 1.21. The lowest BCUT2D eigenvalue weighted by Crippen LogP contribution is -2.13. The monoisotopic (exact) mass is 191 g/mol. The molecule has 0 saturated heterocycles. The molecule has 0 amide bonds. The Morgan fingerprint density at radius 1 is 1.29 bits per heavy atom. The van der Waals surface area contributed by atoms with Crippen LogP contribution in [0.5, 0.6) is 0 Å². The van der Waals surface area contributed by atoms with E-state index in [0.717, 1.165) is 17.6 Å². The van der Waals surface area contributed by atoms with Crippen molar-refractivity contribution in [2.45, 2.75) is 31.7 Å². The molecule has 3 rings (SSSR count). The van der Waals surface area contributed by atoms with Crippen LogP contribution < -0.4 is 5.73 Å². The van der Waals surface area contributed by atoms with Gasteiger partial charge in [-0.25, -0.2) is 0 Å². The Morgan fingerprint density at radius 3 is 2.57 bits per heavy atom. The summed E-state index contributed by atoms with van der Waals surface area (Å²) >= 11 is 0. The Labute approximate surface area is 84.5 Å². The van der Waals surface area contributed by atoms with Gasteiger partial charge in [0.15, 0.2) is 0 Å². The molecule has 1 aromatic heterocycles. The average molecular weight is 191 g/mol. The van der Waals surface area contributed by atoms with Crippen molar-refractivity contribution in [1.29, 1.82) is 0 Å². The van der Waals surface area contributed by atoms with Crippen molar-refractivity contribution in [1.82, 2.24) is 0 Å². The summed E-state index contributed by atoms with van der Waals surface area (Å²) in [6, 6.07) is 4.09. The second-order valence-corrected chi connectivity index (χ2v) is 4.73. The van der Waals surface area contributed by atoms with E-state index in [9.17, 15) is 0 Å². The normalized spacial score (nSPS) is 37.6. The van der Waals surface area contributed by atoms with E-state index >= 15 is 0 Å². The van der Waals surface area contributed by atoms with Crippen molar-refractivity contribution in [3.05, 3.63) is 24.2 Å². The topological polar surface area (TPSA) is 39.2 Å². The van der Waals surface area contributed by atoms with Crippen LogP contribution in [0.2, 0.25) is 0 Å². The van der Waals surface area contributed by atoms with E-state index in [1.54, 1.807) is 6.26 Å². The van der Waals surface area contributed by atoms with E-state index in [4.69, 9.17) is 10.2 Å². The van der Waals surface area contributed by atoms with Gasteiger partial charge in [0, 0.05) is 0 Å². The highest BCUT2D eigenvalue weighted by Crippen LogP contribution is 2.59. The van der Waals surface area contributed by atoms with Crippen molar-refractivity contribution < 1.29 is 4.42 Å². The highest BCUT2D eigenvalue weighted by Gasteiger charge is 2.54. The molecule has 0 radical (unpaired) electrons. The van der Waals surface area contributed by atoms with Crippen LogP contribution >= 0.6 is 0 Å². The van der Waals surface area contributed by atoms with Crippen molar-refractivity contribution in [3.63, 3.8) is 0 Å². The number of hydrogen-bond donors (Lipinski definition) is 1. The Kier molecular flexibility index (Phi) is 1.91. The summed E-state index contributed by atoms with van der Waals surface area (Å²) in [4.78, 5) is 0. The van der Waals surface area contributed by atoms with Crippen LogP contribution in [0.4, 0.5) is 0 Å². The van der Waals surface area contributed by atoms with Crippen LogP contribution in [0.25, 0.3) is 0 Å². The van der Waals surface area contributed by atoms with Gasteiger partial charge in [-0.05, 0) is 42.7 Å². The molecule has 2 N–H and O–H groups in total. The summed E-state index contributed by atoms with van der Waals surface area (Å²) in [7, 11) is 0. The van der Waals surface area contributed by atoms with E-state index in [1.807, 2.05) is 12.1 Å². The second-order valence-electron chi connectivity index (χ2n) is 4.73. The fourth-order valence-corrected chi connectivity index (χ4v) is 3.25. The molecule has 0 aromatic carbocycles. The quantitative estimate of drug-likeness (QED) is 0.780. The fourth-order valence-electron chi connectivity index (χ4n) is 3.25. The maximum Gasteiger partial charge on any atom is 0.120 e. The summed E-state index contributed by atoms with van der Waals surface area (Å²) in [6.07, 6.45) is 7.32. The molecule has 2 aliphatic rings. The standard InChI is InChI=1S/C12H17NO/c13-12(10-6-3-7-14-10)11-8-4-1-2-5-9(8)11/h3,6-9,11-12H,1-2,4-5,13H2. The van der Waals surface area contributed by atoms with E-state index < -0.39 is 0 Å². The fraction of sp³-hybridized carbons (Fsp3) is 0.667. The van der Waals surface area contributed by atoms with E-state index in [2.05, 4.69) is 0 Å². The SMILES string of the molecule is NC(c1ccco1)C1C2CCCCC21. The van der Waals surface area contributed by atoms with Crippen molar-refractivity contribution >= 4 is 0 Å². The van der Waals surface area contributed by atoms with Gasteiger partial charge in [-0.15, -0.1) is 0 Å². The predicted octanol–water partition coefficient (Wildman–Crippen LogP) is 2.72. The first kappa shape index (κ1) is 8.54. The summed E-state index contributed by atoms with van der Waals surface area (Å²) in [5.74, 6) is 3.50. The highest BCUT2D eigenvalue weighted by atomic mass is 16.3. The van der Waals surface area contributed by atoms with Gasteiger partial charge in [-0.1, -0.05) is 12.8 Å². The summed E-state index contributed by atoms with van der Waals surface area (Å²) in [6.45, 7) is 0. The Balaban J connectivity index is 1.72. The zero-order valence-corrected chi connectivity index (χ0v) is 8.36. The highest BCUT2D eigenvalue weighted by molar-refractivity contribution is 5.13. The minimum Gasteiger partial charge on any atom is -0.468 e. The van der Waals surface area contributed by atoms with Crippen molar-refractivity contribution in [2.24, 2.45) is 23.5 Å². The van der Waals surface area contributed by atoms with Crippen LogP contribution in [0.1, 0.15) is 37.5 Å². The maximum atomic E-state index is 6.21. The minimum atomic E-state index is 0.151. The molecule has 1 aromatic rings. The van der Waals surface area contributed by atoms with Gasteiger partial charge in [-0.2, -0.15) is 0 Å². The maximum absolute atomic E-state index is 6.21. The molecular formula is C12H17NO. The smallest absolute Gasteiger partial charge is 0.120 e. The predicted molar refractivity (Wildman–Crippen MR) is 54.6 cm³/mol. The van der Waals surface area contributed by atoms with Crippen molar-refractivity contribution in [3.8, 4) is 0 Å². The number of fused-ring (bicyclic) bond motifs is 1. The zero-order chi connectivity index (χ0) is 9.54. The van der Waals surface area contributed by atoms with Gasteiger partial charge in [0.25, 0.3) is 0 Å². The van der Waals surface area contributed by atoms with E-state index in [-0.39, 0.29) is 6.04 Å². The molecule has 3 atom stereocenters. The third-order valence-corrected chi connectivity index (χ3v) is 4.01. The number of rotatable bonds is 2. The first-order valence-electron chi connectivity index (χ1n) is 5.67. The van der Waals surface area contributed by atoms with E-state index in [0.29, 0.717) is 5.92 Å². The van der Waals surface area contributed by atoms with Gasteiger partial charge in [0.2, 0.25) is 0 Å². The molecule has 0 spiro atoms. The Morgan fingerprint density at radius 2 is 2.00 bits per heavy atom. The summed E-state index contributed by atoms with van der Waals surface area (Å²) < 4.78 is 5.38. The second kappa shape index (κ2) is 3.13. The summed E-state index contributed by atoms with van der Waals surface area (Å²) in [5.41, 5.74) is 6.21. The molecule has 76 valence electrons. The van der Waals surface area contributed by atoms with Gasteiger partial charge >= 0.3 is 0 Å². The first-order chi connectivity index (χ1) is 6.88. The molecule has 1 heterocycles. The van der Waals surface area contributed by atoms with Crippen LogP contribution in [0, 0.1) is 17.8 Å². The molecule has 14 heavy (non-hydrogen) atoms. The Bertz CT molecular complexity index is 294. The molecule has 2 fully saturated rings. The molecule has 0 bridgehead atoms. The Hall–Kier alpha value is -0.760. The van der Waals surface area contributed by atoms with Crippen LogP contribution in [0.3, 0.4) is 0 Å².